The van der Waals surface area contributed by atoms with Crippen molar-refractivity contribution in [1.82, 2.24) is 10.2 Å². The first-order valence-electron chi connectivity index (χ1n) is 12.1. The van der Waals surface area contributed by atoms with E-state index in [2.05, 4.69) is 48.3 Å². The Kier molecular flexibility index (Phi) is 10.4. The van der Waals surface area contributed by atoms with E-state index in [4.69, 9.17) is 32.7 Å². The zero-order valence-electron chi connectivity index (χ0n) is 19.6. The summed E-state index contributed by atoms with van der Waals surface area (Å²) in [5.41, 5.74) is 1.34. The molecule has 1 aromatic rings. The Bertz CT molecular complexity index is 668. The molecule has 0 aromatic heterocycles. The molecular formula is C25H40Cl2N2O3. The van der Waals surface area contributed by atoms with Crippen molar-refractivity contribution in [3.63, 3.8) is 0 Å². The quantitative estimate of drug-likeness (QED) is 0.365. The number of rotatable bonds is 11. The van der Waals surface area contributed by atoms with E-state index in [1.165, 1.54) is 5.56 Å². The minimum atomic E-state index is -0.627. The van der Waals surface area contributed by atoms with Gasteiger partial charge in [0.1, 0.15) is 5.75 Å². The first-order chi connectivity index (χ1) is 15.4. The zero-order valence-corrected chi connectivity index (χ0v) is 21.1. The summed E-state index contributed by atoms with van der Waals surface area (Å²) >= 11 is 12.3. The van der Waals surface area contributed by atoms with Gasteiger partial charge in [-0.1, -0.05) is 26.0 Å². The minimum Gasteiger partial charge on any atom is -0.494 e. The van der Waals surface area contributed by atoms with Crippen molar-refractivity contribution < 1.29 is 14.6 Å². The highest BCUT2D eigenvalue weighted by molar-refractivity contribution is 6.21. The number of ether oxygens (including phenoxy) is 2. The van der Waals surface area contributed by atoms with E-state index in [9.17, 15) is 5.11 Å². The maximum Gasteiger partial charge on any atom is 0.119 e. The molecule has 2 N–H and O–H groups in total. The van der Waals surface area contributed by atoms with Crippen LogP contribution in [0.15, 0.2) is 24.3 Å². The summed E-state index contributed by atoms with van der Waals surface area (Å²) < 4.78 is 11.8. The standard InChI is InChI=1S/C25H40Cl2N2O3/c1-25(2,20-6-9-24(23(27)16-20)32-18-21(30)17-26)19-4-7-22(8-5-19)31-15-3-12-29-13-10-28-11-14-29/h4-5,7-8,20-21,23-24,28,30H,3,6,9-18H2,1-2H3/t20?,21-,23?,24?/m1/s1. The van der Waals surface area contributed by atoms with Crippen LogP contribution in [0.1, 0.15) is 45.1 Å². The molecule has 7 heteroatoms. The van der Waals surface area contributed by atoms with Gasteiger partial charge in [-0.15, -0.1) is 23.2 Å². The average Bonchev–Trinajstić information content (AvgIpc) is 2.81. The Hall–Kier alpha value is -0.560. The molecule has 0 amide bonds. The highest BCUT2D eigenvalue weighted by Gasteiger charge is 2.39. The third-order valence-corrected chi connectivity index (χ3v) is 7.92. The van der Waals surface area contributed by atoms with E-state index in [1.807, 2.05) is 0 Å². The molecule has 1 aromatic carbocycles. The van der Waals surface area contributed by atoms with Crippen molar-refractivity contribution >= 4 is 23.2 Å². The molecule has 0 spiro atoms. The van der Waals surface area contributed by atoms with Gasteiger partial charge in [-0.2, -0.15) is 0 Å². The SMILES string of the molecule is CC(C)(c1ccc(OCCCN2CCNCC2)cc1)C1CCC(OC[C@H](O)CCl)C(Cl)C1. The molecule has 1 aliphatic heterocycles. The van der Waals surface area contributed by atoms with Gasteiger partial charge < -0.3 is 24.8 Å². The topological polar surface area (TPSA) is 54.0 Å². The van der Waals surface area contributed by atoms with Crippen LogP contribution >= 0.6 is 23.2 Å². The summed E-state index contributed by atoms with van der Waals surface area (Å²) in [4.78, 5) is 2.50. The highest BCUT2D eigenvalue weighted by Crippen LogP contribution is 2.43. The fourth-order valence-electron chi connectivity index (χ4n) is 4.84. The summed E-state index contributed by atoms with van der Waals surface area (Å²) in [6.45, 7) is 11.2. The second kappa shape index (κ2) is 12.8. The number of aliphatic hydroxyl groups excluding tert-OH is 1. The van der Waals surface area contributed by atoms with Crippen LogP contribution in [0.5, 0.6) is 5.75 Å². The first kappa shape index (κ1) is 26.1. The van der Waals surface area contributed by atoms with Crippen molar-refractivity contribution in [1.29, 1.82) is 0 Å². The summed E-state index contributed by atoms with van der Waals surface area (Å²) in [5.74, 6) is 1.61. The Morgan fingerprint density at radius 1 is 1.19 bits per heavy atom. The van der Waals surface area contributed by atoms with Crippen LogP contribution in [0.3, 0.4) is 0 Å². The summed E-state index contributed by atoms with van der Waals surface area (Å²) in [5, 5.41) is 13.0. The van der Waals surface area contributed by atoms with Crippen LogP contribution in [0, 0.1) is 5.92 Å². The van der Waals surface area contributed by atoms with Gasteiger partial charge in [0, 0.05) is 32.7 Å². The Balaban J connectivity index is 1.44. The summed E-state index contributed by atoms with van der Waals surface area (Å²) in [6.07, 6.45) is 3.28. The number of halogens is 2. The number of alkyl halides is 2. The van der Waals surface area contributed by atoms with E-state index in [-0.39, 0.29) is 29.4 Å². The van der Waals surface area contributed by atoms with E-state index in [0.29, 0.717) is 5.92 Å². The van der Waals surface area contributed by atoms with Gasteiger partial charge >= 0.3 is 0 Å². The lowest BCUT2D eigenvalue weighted by Crippen LogP contribution is -2.43. The Morgan fingerprint density at radius 3 is 2.56 bits per heavy atom. The monoisotopic (exact) mass is 486 g/mol. The number of hydrogen-bond donors (Lipinski definition) is 2. The van der Waals surface area contributed by atoms with Crippen molar-refractivity contribution in [2.45, 2.75) is 62.5 Å². The fourth-order valence-corrected chi connectivity index (χ4v) is 5.34. The van der Waals surface area contributed by atoms with E-state index in [1.54, 1.807) is 0 Å². The van der Waals surface area contributed by atoms with Crippen molar-refractivity contribution in [2.75, 3.05) is 51.8 Å². The molecule has 1 heterocycles. The fraction of sp³-hybridized carbons (Fsp3) is 0.760. The largest absolute Gasteiger partial charge is 0.494 e. The Morgan fingerprint density at radius 2 is 1.91 bits per heavy atom. The van der Waals surface area contributed by atoms with Crippen LogP contribution in [0.25, 0.3) is 0 Å². The molecule has 1 saturated heterocycles. The molecule has 2 aliphatic rings. The third kappa shape index (κ3) is 7.48. The molecule has 1 saturated carbocycles. The first-order valence-corrected chi connectivity index (χ1v) is 13.0. The second-order valence-corrected chi connectivity index (χ2v) is 10.6. The smallest absolute Gasteiger partial charge is 0.119 e. The molecule has 1 aliphatic carbocycles. The number of aliphatic hydroxyl groups is 1. The lowest BCUT2D eigenvalue weighted by atomic mass is 9.67. The van der Waals surface area contributed by atoms with E-state index < -0.39 is 6.10 Å². The maximum atomic E-state index is 9.64. The molecule has 3 rings (SSSR count). The summed E-state index contributed by atoms with van der Waals surface area (Å²) in [6, 6.07) is 8.60. The molecule has 2 fully saturated rings. The van der Waals surface area contributed by atoms with Gasteiger partial charge in [0.25, 0.3) is 0 Å². The van der Waals surface area contributed by atoms with Crippen LogP contribution in [0.2, 0.25) is 0 Å². The van der Waals surface area contributed by atoms with Gasteiger partial charge in [-0.05, 0) is 54.7 Å². The molecule has 0 bridgehead atoms. The summed E-state index contributed by atoms with van der Waals surface area (Å²) in [7, 11) is 0. The predicted molar refractivity (Wildman–Crippen MR) is 132 cm³/mol. The van der Waals surface area contributed by atoms with Crippen LogP contribution < -0.4 is 10.1 Å². The van der Waals surface area contributed by atoms with Crippen LogP contribution in [0.4, 0.5) is 0 Å². The minimum absolute atomic E-state index is 0.0152. The lowest BCUT2D eigenvalue weighted by molar-refractivity contribution is -0.0253. The van der Waals surface area contributed by atoms with Gasteiger partial charge in [-0.3, -0.25) is 0 Å². The van der Waals surface area contributed by atoms with Gasteiger partial charge in [0.05, 0.1) is 36.7 Å². The van der Waals surface area contributed by atoms with Crippen molar-refractivity contribution in [3.8, 4) is 5.75 Å². The van der Waals surface area contributed by atoms with Gasteiger partial charge in [0.15, 0.2) is 0 Å². The van der Waals surface area contributed by atoms with Crippen molar-refractivity contribution in [2.24, 2.45) is 5.92 Å². The number of hydrogen-bond acceptors (Lipinski definition) is 5. The molecule has 5 nitrogen and oxygen atoms in total. The number of piperazine rings is 1. The number of benzene rings is 1. The number of nitrogens with one attached hydrogen (secondary N) is 1. The predicted octanol–water partition coefficient (Wildman–Crippen LogP) is 4.03. The van der Waals surface area contributed by atoms with E-state index in [0.717, 1.165) is 70.8 Å². The zero-order chi connectivity index (χ0) is 23.0. The van der Waals surface area contributed by atoms with E-state index >= 15 is 0 Å². The molecule has 0 radical (unpaired) electrons. The number of nitrogens with zero attached hydrogens (tertiary/aromatic N) is 1. The van der Waals surface area contributed by atoms with Gasteiger partial charge in [-0.25, -0.2) is 0 Å². The highest BCUT2D eigenvalue weighted by atomic mass is 35.5. The van der Waals surface area contributed by atoms with Crippen LogP contribution in [-0.4, -0.2) is 79.4 Å². The van der Waals surface area contributed by atoms with Crippen LogP contribution in [-0.2, 0) is 10.2 Å². The van der Waals surface area contributed by atoms with Crippen molar-refractivity contribution in [3.05, 3.63) is 29.8 Å². The average molecular weight is 488 g/mol. The molecule has 4 atom stereocenters. The van der Waals surface area contributed by atoms with Gasteiger partial charge in [0.2, 0.25) is 0 Å². The lowest BCUT2D eigenvalue weighted by Gasteiger charge is -2.42. The maximum absolute atomic E-state index is 9.64. The third-order valence-electron chi connectivity index (χ3n) is 7.11. The molecule has 3 unspecified atom stereocenters. The molecule has 32 heavy (non-hydrogen) atoms. The second-order valence-electron chi connectivity index (χ2n) is 9.75. The normalized spacial score (nSPS) is 26.1. The molecular weight excluding hydrogens is 447 g/mol. The molecule has 182 valence electrons. The Labute approximate surface area is 203 Å².